The standard InChI is InChI=1S/C13H24N2O2/c1-15(12-5-8-17-9-6-12)13(16)10-11-4-2-3-7-14-11/h11-12,14H,2-10H2,1H3. The van der Waals surface area contributed by atoms with E-state index in [1.165, 1.54) is 12.8 Å². The largest absolute Gasteiger partial charge is 0.381 e. The zero-order valence-electron chi connectivity index (χ0n) is 10.8. The van der Waals surface area contributed by atoms with Crippen LogP contribution < -0.4 is 5.32 Å². The predicted octanol–water partition coefficient (Wildman–Crippen LogP) is 1.16. The molecule has 2 fully saturated rings. The van der Waals surface area contributed by atoms with Gasteiger partial charge in [-0.2, -0.15) is 0 Å². The fraction of sp³-hybridized carbons (Fsp3) is 0.923. The number of hydrogen-bond donors (Lipinski definition) is 1. The van der Waals surface area contributed by atoms with Crippen molar-refractivity contribution in [3.8, 4) is 0 Å². The van der Waals surface area contributed by atoms with Gasteiger partial charge in [0.2, 0.25) is 5.91 Å². The molecule has 2 saturated heterocycles. The van der Waals surface area contributed by atoms with Gasteiger partial charge in [-0.25, -0.2) is 0 Å². The molecule has 0 aromatic rings. The first-order valence-corrected chi connectivity index (χ1v) is 6.84. The van der Waals surface area contributed by atoms with Gasteiger partial charge in [-0.3, -0.25) is 4.79 Å². The van der Waals surface area contributed by atoms with Crippen molar-refractivity contribution in [2.45, 2.75) is 50.6 Å². The molecule has 0 aliphatic carbocycles. The summed E-state index contributed by atoms with van der Waals surface area (Å²) in [5, 5.41) is 3.44. The monoisotopic (exact) mass is 240 g/mol. The molecule has 0 bridgehead atoms. The molecular weight excluding hydrogens is 216 g/mol. The lowest BCUT2D eigenvalue weighted by atomic mass is 10.0. The third-order valence-corrected chi connectivity index (χ3v) is 3.97. The molecule has 1 amide bonds. The molecule has 0 spiro atoms. The molecule has 0 saturated carbocycles. The Hall–Kier alpha value is -0.610. The van der Waals surface area contributed by atoms with E-state index in [-0.39, 0.29) is 5.91 Å². The van der Waals surface area contributed by atoms with Gasteiger partial charge in [-0.15, -0.1) is 0 Å². The average molecular weight is 240 g/mol. The van der Waals surface area contributed by atoms with Crippen molar-refractivity contribution in [1.82, 2.24) is 10.2 Å². The number of nitrogens with one attached hydrogen (secondary N) is 1. The van der Waals surface area contributed by atoms with Crippen molar-refractivity contribution in [2.24, 2.45) is 0 Å². The van der Waals surface area contributed by atoms with Gasteiger partial charge in [0.15, 0.2) is 0 Å². The highest BCUT2D eigenvalue weighted by Gasteiger charge is 2.24. The summed E-state index contributed by atoms with van der Waals surface area (Å²) in [6.07, 6.45) is 6.29. The van der Waals surface area contributed by atoms with Crippen molar-refractivity contribution >= 4 is 5.91 Å². The number of piperidine rings is 1. The normalized spacial score (nSPS) is 26.8. The summed E-state index contributed by atoms with van der Waals surface area (Å²) in [7, 11) is 1.95. The van der Waals surface area contributed by atoms with Crippen LogP contribution in [0.3, 0.4) is 0 Å². The zero-order chi connectivity index (χ0) is 12.1. The van der Waals surface area contributed by atoms with Crippen LogP contribution in [0.5, 0.6) is 0 Å². The van der Waals surface area contributed by atoms with E-state index in [9.17, 15) is 4.79 Å². The van der Waals surface area contributed by atoms with E-state index in [1.54, 1.807) is 0 Å². The van der Waals surface area contributed by atoms with Crippen LogP contribution in [0.4, 0.5) is 0 Å². The van der Waals surface area contributed by atoms with Crippen molar-refractivity contribution in [3.63, 3.8) is 0 Å². The SMILES string of the molecule is CN(C(=O)CC1CCCCN1)C1CCOCC1. The van der Waals surface area contributed by atoms with Crippen LogP contribution in [0.25, 0.3) is 0 Å². The minimum absolute atomic E-state index is 0.288. The lowest BCUT2D eigenvalue weighted by Crippen LogP contribution is -2.44. The van der Waals surface area contributed by atoms with Gasteiger partial charge in [0.25, 0.3) is 0 Å². The molecule has 98 valence electrons. The molecule has 2 aliphatic rings. The molecule has 0 radical (unpaired) electrons. The van der Waals surface area contributed by atoms with Crippen LogP contribution >= 0.6 is 0 Å². The Morgan fingerprint density at radius 1 is 1.29 bits per heavy atom. The maximum atomic E-state index is 12.2. The topological polar surface area (TPSA) is 41.6 Å². The molecule has 2 aliphatic heterocycles. The van der Waals surface area contributed by atoms with Crippen LogP contribution in [0.2, 0.25) is 0 Å². The lowest BCUT2D eigenvalue weighted by molar-refractivity contribution is -0.134. The predicted molar refractivity (Wildman–Crippen MR) is 66.9 cm³/mol. The second-order valence-electron chi connectivity index (χ2n) is 5.20. The van der Waals surface area contributed by atoms with Gasteiger partial charge >= 0.3 is 0 Å². The Bertz CT molecular complexity index is 246. The fourth-order valence-corrected chi connectivity index (χ4v) is 2.73. The van der Waals surface area contributed by atoms with Gasteiger partial charge < -0.3 is 15.0 Å². The summed E-state index contributed by atoms with van der Waals surface area (Å²) in [5.41, 5.74) is 0. The maximum absolute atomic E-state index is 12.2. The van der Waals surface area contributed by atoms with Gasteiger partial charge in [0.1, 0.15) is 0 Å². The second-order valence-corrected chi connectivity index (χ2v) is 5.20. The molecule has 0 aromatic heterocycles. The Kier molecular flexibility index (Phi) is 4.80. The minimum atomic E-state index is 0.288. The quantitative estimate of drug-likeness (QED) is 0.805. The van der Waals surface area contributed by atoms with E-state index in [0.29, 0.717) is 18.5 Å². The Morgan fingerprint density at radius 2 is 2.06 bits per heavy atom. The van der Waals surface area contributed by atoms with Crippen LogP contribution in [0, 0.1) is 0 Å². The third kappa shape index (κ3) is 3.68. The summed E-state index contributed by atoms with van der Waals surface area (Å²) in [6.45, 7) is 2.66. The highest BCUT2D eigenvalue weighted by molar-refractivity contribution is 5.76. The number of rotatable bonds is 3. The number of nitrogens with zero attached hydrogens (tertiary/aromatic N) is 1. The zero-order valence-corrected chi connectivity index (χ0v) is 10.8. The highest BCUT2D eigenvalue weighted by Crippen LogP contribution is 2.16. The molecule has 2 rings (SSSR count). The first kappa shape index (κ1) is 12.8. The molecular formula is C13H24N2O2. The van der Waals surface area contributed by atoms with Crippen molar-refractivity contribution in [2.75, 3.05) is 26.8 Å². The van der Waals surface area contributed by atoms with Crippen molar-refractivity contribution < 1.29 is 9.53 Å². The van der Waals surface area contributed by atoms with E-state index in [1.807, 2.05) is 11.9 Å². The fourth-order valence-electron chi connectivity index (χ4n) is 2.73. The summed E-state index contributed by atoms with van der Waals surface area (Å²) in [4.78, 5) is 14.1. The average Bonchev–Trinajstić information content (AvgIpc) is 2.40. The van der Waals surface area contributed by atoms with E-state index in [0.717, 1.165) is 39.0 Å². The number of ether oxygens (including phenoxy) is 1. The Morgan fingerprint density at radius 3 is 2.71 bits per heavy atom. The Balaban J connectivity index is 1.77. The second kappa shape index (κ2) is 6.36. The number of amides is 1. The number of hydrogen-bond acceptors (Lipinski definition) is 3. The molecule has 0 aromatic carbocycles. The molecule has 1 unspecified atom stereocenters. The summed E-state index contributed by atoms with van der Waals surface area (Å²) in [6, 6.07) is 0.790. The molecule has 4 nitrogen and oxygen atoms in total. The number of carbonyl (C=O) groups excluding carboxylic acids is 1. The van der Waals surface area contributed by atoms with Crippen LogP contribution in [0.15, 0.2) is 0 Å². The van der Waals surface area contributed by atoms with Crippen LogP contribution in [-0.4, -0.2) is 49.7 Å². The van der Waals surface area contributed by atoms with Crippen molar-refractivity contribution in [1.29, 1.82) is 0 Å². The minimum Gasteiger partial charge on any atom is -0.381 e. The molecule has 1 atom stereocenters. The van der Waals surface area contributed by atoms with Crippen molar-refractivity contribution in [3.05, 3.63) is 0 Å². The van der Waals surface area contributed by atoms with E-state index in [2.05, 4.69) is 5.32 Å². The van der Waals surface area contributed by atoms with E-state index in [4.69, 9.17) is 4.74 Å². The third-order valence-electron chi connectivity index (χ3n) is 3.97. The molecule has 2 heterocycles. The van der Waals surface area contributed by atoms with Gasteiger partial charge in [-0.1, -0.05) is 6.42 Å². The molecule has 4 heteroatoms. The van der Waals surface area contributed by atoms with Gasteiger partial charge in [0.05, 0.1) is 0 Å². The smallest absolute Gasteiger partial charge is 0.224 e. The van der Waals surface area contributed by atoms with Gasteiger partial charge in [0, 0.05) is 38.8 Å². The summed E-state index contributed by atoms with van der Waals surface area (Å²) >= 11 is 0. The lowest BCUT2D eigenvalue weighted by Gasteiger charge is -2.33. The van der Waals surface area contributed by atoms with Crippen LogP contribution in [0.1, 0.15) is 38.5 Å². The first-order valence-electron chi connectivity index (χ1n) is 6.84. The van der Waals surface area contributed by atoms with E-state index >= 15 is 0 Å². The Labute approximate surface area is 104 Å². The summed E-state index contributed by atoms with van der Waals surface area (Å²) in [5.74, 6) is 0.288. The highest BCUT2D eigenvalue weighted by atomic mass is 16.5. The first-order chi connectivity index (χ1) is 8.27. The van der Waals surface area contributed by atoms with E-state index < -0.39 is 0 Å². The van der Waals surface area contributed by atoms with Gasteiger partial charge in [-0.05, 0) is 32.2 Å². The molecule has 1 N–H and O–H groups in total. The maximum Gasteiger partial charge on any atom is 0.224 e. The van der Waals surface area contributed by atoms with Crippen LogP contribution in [-0.2, 0) is 9.53 Å². The molecule has 17 heavy (non-hydrogen) atoms. The number of carbonyl (C=O) groups is 1. The summed E-state index contributed by atoms with van der Waals surface area (Å²) < 4.78 is 5.33.